The molecule has 2 heteroatoms. The van der Waals surface area contributed by atoms with E-state index in [0.717, 1.165) is 23.6 Å². The molecule has 15 heavy (non-hydrogen) atoms. The molecule has 0 N–H and O–H groups in total. The highest BCUT2D eigenvalue weighted by atomic mass is 35.5. The summed E-state index contributed by atoms with van der Waals surface area (Å²) in [7, 11) is 0. The molecule has 0 bridgehead atoms. The molecule has 0 heterocycles. The Labute approximate surface area is 105 Å². The summed E-state index contributed by atoms with van der Waals surface area (Å²) >= 11 is 12.4. The van der Waals surface area contributed by atoms with Crippen molar-refractivity contribution in [3.63, 3.8) is 0 Å². The van der Waals surface area contributed by atoms with Gasteiger partial charge in [-0.15, -0.1) is 23.2 Å². The molecule has 1 saturated carbocycles. The van der Waals surface area contributed by atoms with Crippen molar-refractivity contribution in [3.05, 3.63) is 0 Å². The molecular formula is C13H24Cl2. The Bertz CT molecular complexity index is 169. The summed E-state index contributed by atoms with van der Waals surface area (Å²) in [6.07, 6.45) is 7.89. The lowest BCUT2D eigenvalue weighted by Crippen LogP contribution is -2.35. The Kier molecular flexibility index (Phi) is 5.77. The topological polar surface area (TPSA) is 0 Å². The average Bonchev–Trinajstić information content (AvgIpc) is 2.79. The van der Waals surface area contributed by atoms with Crippen LogP contribution in [0.25, 0.3) is 0 Å². The van der Waals surface area contributed by atoms with Gasteiger partial charge in [-0.05, 0) is 31.1 Å². The van der Waals surface area contributed by atoms with Crippen molar-refractivity contribution < 1.29 is 0 Å². The van der Waals surface area contributed by atoms with Gasteiger partial charge >= 0.3 is 0 Å². The first-order valence-corrected chi connectivity index (χ1v) is 7.37. The third-order valence-electron chi connectivity index (χ3n) is 4.21. The molecule has 0 aliphatic heterocycles. The quantitative estimate of drug-likeness (QED) is 0.578. The van der Waals surface area contributed by atoms with Gasteiger partial charge in [-0.3, -0.25) is 0 Å². The van der Waals surface area contributed by atoms with Crippen LogP contribution in [0, 0.1) is 17.3 Å². The number of rotatable bonds is 6. The van der Waals surface area contributed by atoms with Crippen molar-refractivity contribution in [1.29, 1.82) is 0 Å². The van der Waals surface area contributed by atoms with E-state index in [0.29, 0.717) is 0 Å². The number of alkyl halides is 2. The summed E-state index contributed by atoms with van der Waals surface area (Å²) in [5, 5.41) is 0. The molecule has 1 aliphatic rings. The summed E-state index contributed by atoms with van der Waals surface area (Å²) in [5.41, 5.74) is 0.217. The van der Waals surface area contributed by atoms with E-state index in [2.05, 4.69) is 13.8 Å². The monoisotopic (exact) mass is 250 g/mol. The van der Waals surface area contributed by atoms with Crippen LogP contribution >= 0.6 is 23.2 Å². The van der Waals surface area contributed by atoms with Gasteiger partial charge in [-0.2, -0.15) is 0 Å². The minimum Gasteiger partial charge on any atom is -0.126 e. The molecule has 0 amide bonds. The van der Waals surface area contributed by atoms with Gasteiger partial charge in [-0.1, -0.05) is 33.1 Å². The lowest BCUT2D eigenvalue weighted by molar-refractivity contribution is 0.176. The van der Waals surface area contributed by atoms with Gasteiger partial charge in [0.05, 0.1) is 0 Å². The van der Waals surface area contributed by atoms with Crippen LogP contribution in [0.2, 0.25) is 0 Å². The lowest BCUT2D eigenvalue weighted by Gasteiger charge is -2.38. The molecular weight excluding hydrogens is 227 g/mol. The molecule has 0 aromatic carbocycles. The van der Waals surface area contributed by atoms with Crippen LogP contribution in [0.5, 0.6) is 0 Å². The standard InChI is InChI=1S/C13H24Cl2/c1-3-11(2)8-13(9-14,10-15)12-6-4-5-7-12/h11-12H,3-10H2,1-2H3. The van der Waals surface area contributed by atoms with Gasteiger partial charge in [0.15, 0.2) is 0 Å². The number of hydrogen-bond donors (Lipinski definition) is 0. The van der Waals surface area contributed by atoms with Crippen molar-refractivity contribution in [2.24, 2.45) is 17.3 Å². The Morgan fingerprint density at radius 2 is 1.73 bits per heavy atom. The third-order valence-corrected chi connectivity index (χ3v) is 5.27. The van der Waals surface area contributed by atoms with Crippen molar-refractivity contribution >= 4 is 23.2 Å². The molecule has 1 aliphatic carbocycles. The van der Waals surface area contributed by atoms with Crippen LogP contribution in [0.1, 0.15) is 52.4 Å². The Morgan fingerprint density at radius 1 is 1.20 bits per heavy atom. The lowest BCUT2D eigenvalue weighted by atomic mass is 9.71. The fourth-order valence-corrected chi connectivity index (χ4v) is 3.85. The molecule has 1 unspecified atom stereocenters. The highest BCUT2D eigenvalue weighted by Crippen LogP contribution is 2.46. The fourth-order valence-electron chi connectivity index (χ4n) is 2.91. The summed E-state index contributed by atoms with van der Waals surface area (Å²) < 4.78 is 0. The van der Waals surface area contributed by atoms with E-state index in [1.165, 1.54) is 38.5 Å². The Balaban J connectivity index is 2.66. The maximum atomic E-state index is 6.22. The molecule has 1 fully saturated rings. The van der Waals surface area contributed by atoms with Crippen LogP contribution in [0.4, 0.5) is 0 Å². The minimum atomic E-state index is 0.217. The molecule has 0 nitrogen and oxygen atoms in total. The predicted octanol–water partition coefficient (Wildman–Crippen LogP) is 5.08. The van der Waals surface area contributed by atoms with Gasteiger partial charge in [0.1, 0.15) is 0 Å². The first-order valence-electron chi connectivity index (χ1n) is 6.30. The van der Waals surface area contributed by atoms with Gasteiger partial charge in [-0.25, -0.2) is 0 Å². The second-order valence-corrected chi connectivity index (χ2v) is 5.86. The zero-order chi connectivity index (χ0) is 11.3. The van der Waals surface area contributed by atoms with Gasteiger partial charge in [0.25, 0.3) is 0 Å². The van der Waals surface area contributed by atoms with E-state index in [1.54, 1.807) is 0 Å². The van der Waals surface area contributed by atoms with Crippen LogP contribution in [-0.2, 0) is 0 Å². The zero-order valence-corrected chi connectivity index (χ0v) is 11.6. The highest BCUT2D eigenvalue weighted by molar-refractivity contribution is 6.21. The van der Waals surface area contributed by atoms with E-state index in [1.807, 2.05) is 0 Å². The molecule has 0 aromatic rings. The SMILES string of the molecule is CCC(C)CC(CCl)(CCl)C1CCCC1. The van der Waals surface area contributed by atoms with E-state index in [4.69, 9.17) is 23.2 Å². The first-order chi connectivity index (χ1) is 7.18. The van der Waals surface area contributed by atoms with E-state index >= 15 is 0 Å². The molecule has 1 rings (SSSR count). The zero-order valence-electron chi connectivity index (χ0n) is 10.1. The van der Waals surface area contributed by atoms with Crippen molar-refractivity contribution in [3.8, 4) is 0 Å². The van der Waals surface area contributed by atoms with Gasteiger partial charge in [0.2, 0.25) is 0 Å². The molecule has 0 aromatic heterocycles. The smallest absolute Gasteiger partial charge is 0.0294 e. The maximum Gasteiger partial charge on any atom is 0.0294 e. The molecule has 0 saturated heterocycles. The Morgan fingerprint density at radius 3 is 2.13 bits per heavy atom. The van der Waals surface area contributed by atoms with Crippen molar-refractivity contribution in [2.75, 3.05) is 11.8 Å². The molecule has 1 atom stereocenters. The summed E-state index contributed by atoms with van der Waals surface area (Å²) in [4.78, 5) is 0. The molecule has 0 spiro atoms. The van der Waals surface area contributed by atoms with Crippen LogP contribution in [0.3, 0.4) is 0 Å². The van der Waals surface area contributed by atoms with Gasteiger partial charge < -0.3 is 0 Å². The first kappa shape index (κ1) is 13.6. The minimum absolute atomic E-state index is 0.217. The van der Waals surface area contributed by atoms with Crippen molar-refractivity contribution in [1.82, 2.24) is 0 Å². The third kappa shape index (κ3) is 3.27. The van der Waals surface area contributed by atoms with Gasteiger partial charge in [0, 0.05) is 17.2 Å². The second-order valence-electron chi connectivity index (χ2n) is 5.33. The van der Waals surface area contributed by atoms with E-state index < -0.39 is 0 Å². The highest BCUT2D eigenvalue weighted by Gasteiger charge is 2.39. The fraction of sp³-hybridized carbons (Fsp3) is 1.00. The molecule has 90 valence electrons. The van der Waals surface area contributed by atoms with Crippen LogP contribution < -0.4 is 0 Å². The summed E-state index contributed by atoms with van der Waals surface area (Å²) in [5.74, 6) is 3.02. The van der Waals surface area contributed by atoms with E-state index in [-0.39, 0.29) is 5.41 Å². The van der Waals surface area contributed by atoms with E-state index in [9.17, 15) is 0 Å². The summed E-state index contributed by atoms with van der Waals surface area (Å²) in [6.45, 7) is 4.58. The Hall–Kier alpha value is 0.580. The predicted molar refractivity (Wildman–Crippen MR) is 69.9 cm³/mol. The van der Waals surface area contributed by atoms with Crippen molar-refractivity contribution in [2.45, 2.75) is 52.4 Å². The van der Waals surface area contributed by atoms with Crippen LogP contribution in [0.15, 0.2) is 0 Å². The average molecular weight is 251 g/mol. The maximum absolute atomic E-state index is 6.22. The second kappa shape index (κ2) is 6.35. The molecule has 0 radical (unpaired) electrons. The van der Waals surface area contributed by atoms with Crippen LogP contribution in [-0.4, -0.2) is 11.8 Å². The summed E-state index contributed by atoms with van der Waals surface area (Å²) in [6, 6.07) is 0. The number of hydrogen-bond acceptors (Lipinski definition) is 0. The normalized spacial score (nSPS) is 20.8. The number of halogens is 2. The largest absolute Gasteiger partial charge is 0.126 e.